The van der Waals surface area contributed by atoms with E-state index in [0.717, 1.165) is 10.3 Å². The zero-order valence-corrected chi connectivity index (χ0v) is 7.48. The Hall–Kier alpha value is -1.33. The summed E-state index contributed by atoms with van der Waals surface area (Å²) in [5.74, 6) is 0. The van der Waals surface area contributed by atoms with Gasteiger partial charge in [0.2, 0.25) is 0 Å². The van der Waals surface area contributed by atoms with Crippen LogP contribution in [0.5, 0.6) is 0 Å². The molecule has 2 rings (SSSR count). The van der Waals surface area contributed by atoms with Crippen molar-refractivity contribution < 1.29 is 0 Å². The molecule has 1 nitrogen and oxygen atoms in total. The molecule has 2 heteroatoms. The van der Waals surface area contributed by atoms with E-state index >= 15 is 0 Å². The van der Waals surface area contributed by atoms with Gasteiger partial charge in [0, 0.05) is 0 Å². The van der Waals surface area contributed by atoms with E-state index in [4.69, 9.17) is 5.26 Å². The van der Waals surface area contributed by atoms with Crippen LogP contribution in [0.25, 0.3) is 10.1 Å². The van der Waals surface area contributed by atoms with Gasteiger partial charge in [-0.25, -0.2) is 0 Å². The van der Waals surface area contributed by atoms with Gasteiger partial charge in [-0.05, 0) is 29.3 Å². The fourth-order valence-corrected chi connectivity index (χ4v) is 2.29. The zero-order chi connectivity index (χ0) is 8.55. The number of benzene rings is 1. The lowest BCUT2D eigenvalue weighted by atomic mass is 10.1. The minimum Gasteiger partial charge on any atom is -0.192 e. The van der Waals surface area contributed by atoms with Crippen LogP contribution in [-0.4, -0.2) is 0 Å². The molecule has 0 unspecified atom stereocenters. The highest BCUT2D eigenvalue weighted by Crippen LogP contribution is 2.27. The first-order valence-electron chi connectivity index (χ1n) is 3.70. The zero-order valence-electron chi connectivity index (χ0n) is 6.66. The largest absolute Gasteiger partial charge is 0.192 e. The number of hydrogen-bond acceptors (Lipinski definition) is 2. The van der Waals surface area contributed by atoms with Crippen molar-refractivity contribution in [1.29, 1.82) is 5.26 Å². The Balaban J connectivity index is 2.92. The molecule has 0 atom stereocenters. The van der Waals surface area contributed by atoms with E-state index in [1.54, 1.807) is 11.3 Å². The summed E-state index contributed by atoms with van der Waals surface area (Å²) in [6.45, 7) is 2.07. The molecule has 2 aromatic rings. The summed E-state index contributed by atoms with van der Waals surface area (Å²) in [5.41, 5.74) is 2.04. The second-order valence-corrected chi connectivity index (χ2v) is 3.59. The predicted octanol–water partition coefficient (Wildman–Crippen LogP) is 3.08. The monoisotopic (exact) mass is 173 g/mol. The molecule has 0 aliphatic heterocycles. The molecule has 12 heavy (non-hydrogen) atoms. The van der Waals surface area contributed by atoms with Crippen molar-refractivity contribution in [2.24, 2.45) is 0 Å². The summed E-state index contributed by atoms with van der Waals surface area (Å²) in [4.78, 5) is 0. The van der Waals surface area contributed by atoms with Crippen molar-refractivity contribution in [3.63, 3.8) is 0 Å². The maximum atomic E-state index is 8.80. The van der Waals surface area contributed by atoms with Crippen molar-refractivity contribution in [2.45, 2.75) is 6.92 Å². The van der Waals surface area contributed by atoms with E-state index in [1.165, 1.54) is 10.9 Å². The normalized spacial score (nSPS) is 10.0. The standard InChI is InChI=1S/C10H7NS/c1-7-6-12-10-8(5-11)3-2-4-9(7)10/h2-4,6H,1H3. The number of nitriles is 1. The maximum Gasteiger partial charge on any atom is 0.101 e. The first-order chi connectivity index (χ1) is 5.83. The Morgan fingerprint density at radius 2 is 2.25 bits per heavy atom. The molecule has 1 aromatic heterocycles. The number of hydrogen-bond donors (Lipinski definition) is 0. The minimum atomic E-state index is 0.783. The molecule has 0 N–H and O–H groups in total. The third-order valence-electron chi connectivity index (χ3n) is 1.91. The highest BCUT2D eigenvalue weighted by molar-refractivity contribution is 7.17. The van der Waals surface area contributed by atoms with Gasteiger partial charge in [0.05, 0.1) is 10.3 Å². The van der Waals surface area contributed by atoms with Gasteiger partial charge >= 0.3 is 0 Å². The number of fused-ring (bicyclic) bond motifs is 1. The molecule has 0 radical (unpaired) electrons. The predicted molar refractivity (Wildman–Crippen MR) is 51.3 cm³/mol. The van der Waals surface area contributed by atoms with Gasteiger partial charge in [0.25, 0.3) is 0 Å². The first-order valence-corrected chi connectivity index (χ1v) is 4.58. The Morgan fingerprint density at radius 3 is 3.00 bits per heavy atom. The van der Waals surface area contributed by atoms with Crippen LogP contribution in [0.2, 0.25) is 0 Å². The Bertz CT molecular complexity index is 462. The lowest BCUT2D eigenvalue weighted by Crippen LogP contribution is -1.73. The van der Waals surface area contributed by atoms with Gasteiger partial charge < -0.3 is 0 Å². The summed E-state index contributed by atoms with van der Waals surface area (Å²) in [5, 5.41) is 12.1. The average molecular weight is 173 g/mol. The van der Waals surface area contributed by atoms with E-state index in [0.29, 0.717) is 0 Å². The van der Waals surface area contributed by atoms with E-state index in [-0.39, 0.29) is 0 Å². The van der Waals surface area contributed by atoms with Crippen molar-refractivity contribution in [1.82, 2.24) is 0 Å². The van der Waals surface area contributed by atoms with Crippen LogP contribution >= 0.6 is 11.3 Å². The van der Waals surface area contributed by atoms with E-state index in [9.17, 15) is 0 Å². The maximum absolute atomic E-state index is 8.80. The van der Waals surface area contributed by atoms with Gasteiger partial charge in [0.1, 0.15) is 6.07 Å². The topological polar surface area (TPSA) is 23.8 Å². The van der Waals surface area contributed by atoms with Crippen LogP contribution in [0.3, 0.4) is 0 Å². The number of rotatable bonds is 0. The van der Waals surface area contributed by atoms with E-state index in [1.807, 2.05) is 12.1 Å². The van der Waals surface area contributed by atoms with Crippen molar-refractivity contribution in [3.8, 4) is 6.07 Å². The van der Waals surface area contributed by atoms with Crippen LogP contribution in [0.4, 0.5) is 0 Å². The fourth-order valence-electron chi connectivity index (χ4n) is 1.27. The third kappa shape index (κ3) is 0.910. The quantitative estimate of drug-likeness (QED) is 0.600. The van der Waals surface area contributed by atoms with E-state index in [2.05, 4.69) is 24.4 Å². The number of nitrogens with zero attached hydrogens (tertiary/aromatic N) is 1. The Kier molecular flexibility index (Phi) is 1.60. The molecule has 1 heterocycles. The number of aryl methyl sites for hydroxylation is 1. The van der Waals surface area contributed by atoms with Crippen LogP contribution in [0.15, 0.2) is 23.6 Å². The molecular formula is C10H7NS. The average Bonchev–Trinajstić information content (AvgIpc) is 2.48. The lowest BCUT2D eigenvalue weighted by Gasteiger charge is -1.91. The van der Waals surface area contributed by atoms with Crippen LogP contribution in [-0.2, 0) is 0 Å². The molecule has 0 fully saturated rings. The van der Waals surface area contributed by atoms with Gasteiger partial charge in [-0.3, -0.25) is 0 Å². The van der Waals surface area contributed by atoms with Crippen LogP contribution in [0, 0.1) is 18.3 Å². The van der Waals surface area contributed by atoms with Gasteiger partial charge in [-0.2, -0.15) is 5.26 Å². The van der Waals surface area contributed by atoms with Gasteiger partial charge in [-0.1, -0.05) is 12.1 Å². The molecular weight excluding hydrogens is 166 g/mol. The fraction of sp³-hybridized carbons (Fsp3) is 0.100. The smallest absolute Gasteiger partial charge is 0.101 e. The summed E-state index contributed by atoms with van der Waals surface area (Å²) in [6.07, 6.45) is 0. The molecule has 58 valence electrons. The van der Waals surface area contributed by atoms with Gasteiger partial charge in [-0.15, -0.1) is 11.3 Å². The van der Waals surface area contributed by atoms with Crippen molar-refractivity contribution in [3.05, 3.63) is 34.7 Å². The van der Waals surface area contributed by atoms with Gasteiger partial charge in [0.15, 0.2) is 0 Å². The Morgan fingerprint density at radius 1 is 1.42 bits per heavy atom. The summed E-state index contributed by atoms with van der Waals surface area (Å²) in [6, 6.07) is 8.04. The highest BCUT2D eigenvalue weighted by Gasteiger charge is 2.03. The summed E-state index contributed by atoms with van der Waals surface area (Å²) in [7, 11) is 0. The Labute approximate surface area is 74.9 Å². The third-order valence-corrected chi connectivity index (χ3v) is 3.06. The van der Waals surface area contributed by atoms with E-state index < -0.39 is 0 Å². The second kappa shape index (κ2) is 2.62. The summed E-state index contributed by atoms with van der Waals surface area (Å²) >= 11 is 1.64. The van der Waals surface area contributed by atoms with Crippen molar-refractivity contribution >= 4 is 21.4 Å². The lowest BCUT2D eigenvalue weighted by molar-refractivity contribution is 1.51. The molecule has 0 spiro atoms. The summed E-state index contributed by atoms with van der Waals surface area (Å²) < 4.78 is 1.11. The van der Waals surface area contributed by atoms with Crippen molar-refractivity contribution in [2.75, 3.05) is 0 Å². The molecule has 1 aromatic carbocycles. The van der Waals surface area contributed by atoms with Crippen LogP contribution in [0.1, 0.15) is 11.1 Å². The minimum absolute atomic E-state index is 0.783. The second-order valence-electron chi connectivity index (χ2n) is 2.71. The molecule has 0 bridgehead atoms. The molecule has 0 aliphatic carbocycles. The molecule has 0 saturated carbocycles. The molecule has 0 amide bonds. The highest BCUT2D eigenvalue weighted by atomic mass is 32.1. The SMILES string of the molecule is Cc1csc2c(C#N)cccc12. The van der Waals surface area contributed by atoms with Crippen LogP contribution < -0.4 is 0 Å². The molecule has 0 aliphatic rings. The first kappa shape index (κ1) is 7.33. The molecule has 0 saturated heterocycles. The number of thiophene rings is 1.